The Morgan fingerprint density at radius 1 is 1.04 bits per heavy atom. The van der Waals surface area contributed by atoms with Crippen molar-refractivity contribution < 1.29 is 14.3 Å². The van der Waals surface area contributed by atoms with Crippen molar-refractivity contribution in [2.75, 3.05) is 52.4 Å². The van der Waals surface area contributed by atoms with Crippen LogP contribution in [0.1, 0.15) is 57.8 Å². The van der Waals surface area contributed by atoms with Gasteiger partial charge in [0.25, 0.3) is 0 Å². The van der Waals surface area contributed by atoms with Crippen LogP contribution in [0.15, 0.2) is 0 Å². The molecule has 3 saturated heterocycles. The first-order valence-corrected chi connectivity index (χ1v) is 11.1. The molecule has 6 heteroatoms. The standard InChI is InChI=1S/C21H35N3O3/c25-19(15-23-13-14-27-20(23)26)24-12-9-21(17-24)8-4-10-22(16-21)11-7-18-5-2-1-3-6-18/h18H,1-17H2. The summed E-state index contributed by atoms with van der Waals surface area (Å²) in [5.41, 5.74) is 0.284. The highest BCUT2D eigenvalue weighted by Gasteiger charge is 2.43. The third-order valence-electron chi connectivity index (χ3n) is 7.28. The zero-order chi connectivity index (χ0) is 18.7. The van der Waals surface area contributed by atoms with Gasteiger partial charge in [0.15, 0.2) is 0 Å². The average molecular weight is 378 g/mol. The minimum atomic E-state index is -0.344. The fourth-order valence-corrected chi connectivity index (χ4v) is 5.66. The van der Waals surface area contributed by atoms with E-state index in [1.807, 2.05) is 4.90 Å². The number of carbonyl (C=O) groups excluding carboxylic acids is 2. The van der Waals surface area contributed by atoms with Gasteiger partial charge in [0, 0.05) is 25.0 Å². The van der Waals surface area contributed by atoms with Crippen LogP contribution in [0.3, 0.4) is 0 Å². The van der Waals surface area contributed by atoms with Gasteiger partial charge in [-0.1, -0.05) is 32.1 Å². The molecule has 0 aromatic rings. The summed E-state index contributed by atoms with van der Waals surface area (Å²) >= 11 is 0. The average Bonchev–Trinajstić information content (AvgIpc) is 3.28. The van der Waals surface area contributed by atoms with E-state index in [-0.39, 0.29) is 24.0 Å². The van der Waals surface area contributed by atoms with Crippen LogP contribution < -0.4 is 0 Å². The first kappa shape index (κ1) is 19.0. The second kappa shape index (κ2) is 8.38. The van der Waals surface area contributed by atoms with E-state index in [1.54, 1.807) is 0 Å². The number of likely N-dealkylation sites (tertiary alicyclic amines) is 2. The predicted octanol–water partition coefficient (Wildman–Crippen LogP) is 2.72. The highest BCUT2D eigenvalue weighted by molar-refractivity contribution is 5.83. The Hall–Kier alpha value is -1.30. The van der Waals surface area contributed by atoms with Crippen molar-refractivity contribution in [2.45, 2.75) is 57.8 Å². The minimum Gasteiger partial charge on any atom is -0.448 e. The Balaban J connectivity index is 1.25. The lowest BCUT2D eigenvalue weighted by Crippen LogP contribution is -2.47. The zero-order valence-electron chi connectivity index (χ0n) is 16.7. The lowest BCUT2D eigenvalue weighted by molar-refractivity contribution is -0.131. The molecule has 1 spiro atoms. The van der Waals surface area contributed by atoms with Gasteiger partial charge < -0.3 is 14.5 Å². The lowest BCUT2D eigenvalue weighted by Gasteiger charge is -2.41. The van der Waals surface area contributed by atoms with Crippen molar-refractivity contribution in [2.24, 2.45) is 11.3 Å². The van der Waals surface area contributed by atoms with Crippen LogP contribution in [0.25, 0.3) is 0 Å². The number of hydrogen-bond acceptors (Lipinski definition) is 4. The molecule has 1 aliphatic carbocycles. The Morgan fingerprint density at radius 3 is 2.67 bits per heavy atom. The number of carbonyl (C=O) groups is 2. The summed E-state index contributed by atoms with van der Waals surface area (Å²) < 4.78 is 4.94. The molecule has 1 unspecified atom stereocenters. The summed E-state index contributed by atoms with van der Waals surface area (Å²) in [6.07, 6.45) is 11.8. The van der Waals surface area contributed by atoms with E-state index in [4.69, 9.17) is 4.74 Å². The van der Waals surface area contributed by atoms with Gasteiger partial charge in [0.05, 0.1) is 6.54 Å². The molecule has 4 rings (SSSR count). The third-order valence-corrected chi connectivity index (χ3v) is 7.28. The van der Waals surface area contributed by atoms with Crippen LogP contribution in [0.2, 0.25) is 0 Å². The number of amides is 2. The van der Waals surface area contributed by atoms with E-state index in [9.17, 15) is 9.59 Å². The molecule has 6 nitrogen and oxygen atoms in total. The topological polar surface area (TPSA) is 53.1 Å². The normalized spacial score (nSPS) is 30.3. The van der Waals surface area contributed by atoms with E-state index >= 15 is 0 Å². The number of piperidine rings is 1. The van der Waals surface area contributed by atoms with Gasteiger partial charge in [0.2, 0.25) is 5.91 Å². The van der Waals surface area contributed by atoms with Gasteiger partial charge in [0.1, 0.15) is 13.2 Å². The Morgan fingerprint density at radius 2 is 1.89 bits per heavy atom. The van der Waals surface area contributed by atoms with Crippen LogP contribution in [0.4, 0.5) is 4.79 Å². The summed E-state index contributed by atoms with van der Waals surface area (Å²) in [6.45, 7) is 6.45. The van der Waals surface area contributed by atoms with Gasteiger partial charge >= 0.3 is 6.09 Å². The molecule has 0 radical (unpaired) electrons. The molecule has 1 saturated carbocycles. The van der Waals surface area contributed by atoms with Crippen molar-refractivity contribution in [3.8, 4) is 0 Å². The van der Waals surface area contributed by atoms with Gasteiger partial charge in [-0.15, -0.1) is 0 Å². The van der Waals surface area contributed by atoms with Crippen LogP contribution in [0.5, 0.6) is 0 Å². The molecular weight excluding hydrogens is 342 g/mol. The van der Waals surface area contributed by atoms with Gasteiger partial charge in [-0.25, -0.2) is 4.79 Å². The van der Waals surface area contributed by atoms with Gasteiger partial charge in [-0.3, -0.25) is 9.69 Å². The van der Waals surface area contributed by atoms with E-state index in [0.717, 1.165) is 32.0 Å². The monoisotopic (exact) mass is 377 g/mol. The Labute approximate surface area is 163 Å². The summed E-state index contributed by atoms with van der Waals surface area (Å²) in [7, 11) is 0. The summed E-state index contributed by atoms with van der Waals surface area (Å²) in [5, 5.41) is 0. The van der Waals surface area contributed by atoms with Crippen molar-refractivity contribution in [1.82, 2.24) is 14.7 Å². The maximum Gasteiger partial charge on any atom is 0.410 e. The molecule has 3 heterocycles. The van der Waals surface area contributed by atoms with Crippen LogP contribution in [0, 0.1) is 11.3 Å². The van der Waals surface area contributed by atoms with Gasteiger partial charge in [-0.05, 0) is 44.7 Å². The molecule has 4 fully saturated rings. The fourth-order valence-electron chi connectivity index (χ4n) is 5.66. The smallest absolute Gasteiger partial charge is 0.410 e. The van der Waals surface area contributed by atoms with E-state index in [2.05, 4.69) is 4.90 Å². The maximum absolute atomic E-state index is 12.6. The molecule has 0 aromatic heterocycles. The summed E-state index contributed by atoms with van der Waals surface area (Å²) in [5.74, 6) is 1.03. The number of rotatable bonds is 5. The van der Waals surface area contributed by atoms with E-state index < -0.39 is 0 Å². The Bertz CT molecular complexity index is 549. The largest absolute Gasteiger partial charge is 0.448 e. The minimum absolute atomic E-state index is 0.0880. The third kappa shape index (κ3) is 4.58. The van der Waals surface area contributed by atoms with Crippen molar-refractivity contribution in [3.05, 3.63) is 0 Å². The number of nitrogens with zero attached hydrogens (tertiary/aromatic N) is 3. The molecule has 27 heavy (non-hydrogen) atoms. The van der Waals surface area contributed by atoms with Crippen LogP contribution in [-0.2, 0) is 9.53 Å². The summed E-state index contributed by atoms with van der Waals surface area (Å²) in [6, 6.07) is 0. The predicted molar refractivity (Wildman–Crippen MR) is 103 cm³/mol. The van der Waals surface area contributed by atoms with Crippen LogP contribution >= 0.6 is 0 Å². The lowest BCUT2D eigenvalue weighted by atomic mass is 9.79. The SMILES string of the molecule is O=C(CN1CCOC1=O)N1CCC2(CCCN(CCC3CCCCC3)C2)C1. The van der Waals surface area contributed by atoms with Crippen molar-refractivity contribution in [3.63, 3.8) is 0 Å². The second-order valence-corrected chi connectivity index (χ2v) is 9.27. The molecule has 0 bridgehead atoms. The molecule has 0 N–H and O–H groups in total. The first-order chi connectivity index (χ1) is 13.1. The highest BCUT2D eigenvalue weighted by Crippen LogP contribution is 2.39. The fraction of sp³-hybridized carbons (Fsp3) is 0.905. The number of ether oxygens (including phenoxy) is 1. The highest BCUT2D eigenvalue weighted by atomic mass is 16.6. The number of cyclic esters (lactones) is 1. The zero-order valence-corrected chi connectivity index (χ0v) is 16.7. The molecule has 2 amide bonds. The summed E-state index contributed by atoms with van der Waals surface area (Å²) in [4.78, 5) is 30.4. The molecule has 0 aromatic carbocycles. The quantitative estimate of drug-likeness (QED) is 0.739. The maximum atomic E-state index is 12.6. The molecule has 3 aliphatic heterocycles. The van der Waals surface area contributed by atoms with Crippen LogP contribution in [-0.4, -0.2) is 79.1 Å². The molecule has 1 atom stereocenters. The number of hydrogen-bond donors (Lipinski definition) is 0. The molecule has 152 valence electrons. The van der Waals surface area contributed by atoms with Crippen molar-refractivity contribution in [1.29, 1.82) is 0 Å². The molecular formula is C21H35N3O3. The molecule has 4 aliphatic rings. The van der Waals surface area contributed by atoms with E-state index in [1.165, 1.54) is 69.4 Å². The van der Waals surface area contributed by atoms with Gasteiger partial charge in [-0.2, -0.15) is 0 Å². The Kier molecular flexibility index (Phi) is 5.90. The van der Waals surface area contributed by atoms with E-state index in [0.29, 0.717) is 13.2 Å². The second-order valence-electron chi connectivity index (χ2n) is 9.27. The van der Waals surface area contributed by atoms with Crippen molar-refractivity contribution >= 4 is 12.0 Å². The first-order valence-electron chi connectivity index (χ1n) is 11.1.